The van der Waals surface area contributed by atoms with Crippen molar-refractivity contribution in [2.45, 2.75) is 0 Å². The molecule has 0 radical (unpaired) electrons. The number of ketones is 1. The van der Waals surface area contributed by atoms with Gasteiger partial charge in [-0.1, -0.05) is 36.4 Å². The lowest BCUT2D eigenvalue weighted by Gasteiger charge is -2.13. The molecule has 0 bridgehead atoms. The van der Waals surface area contributed by atoms with E-state index in [1.165, 1.54) is 12.4 Å². The molecule has 0 fully saturated rings. The van der Waals surface area contributed by atoms with Gasteiger partial charge in [-0.2, -0.15) is 0 Å². The summed E-state index contributed by atoms with van der Waals surface area (Å²) in [6, 6.07) is 15.4. The fourth-order valence-corrected chi connectivity index (χ4v) is 2.56. The molecular formula is C19H14N4O. The first-order valence-corrected chi connectivity index (χ1v) is 7.55. The highest BCUT2D eigenvalue weighted by Gasteiger charge is 2.19. The van der Waals surface area contributed by atoms with Crippen LogP contribution in [0.2, 0.25) is 0 Å². The first-order chi connectivity index (χ1) is 11.8. The molecule has 0 saturated heterocycles. The molecular weight excluding hydrogens is 300 g/mol. The average Bonchev–Trinajstić information content (AvgIpc) is 2.96. The van der Waals surface area contributed by atoms with Crippen molar-refractivity contribution in [2.24, 2.45) is 9.98 Å². The molecule has 0 atom stereocenters. The number of benzene rings is 2. The Hall–Kier alpha value is -3.47. The molecule has 2 aromatic rings. The normalized spacial score (nSPS) is 14.8. The van der Waals surface area contributed by atoms with Crippen LogP contribution in [-0.2, 0) is 4.79 Å². The second kappa shape index (κ2) is 5.96. The predicted octanol–water partition coefficient (Wildman–Crippen LogP) is 3.33. The zero-order chi connectivity index (χ0) is 16.4. The summed E-state index contributed by atoms with van der Waals surface area (Å²) in [6.07, 6.45) is 6.52. The van der Waals surface area contributed by atoms with Crippen LogP contribution in [0, 0.1) is 0 Å². The molecule has 5 nitrogen and oxygen atoms in total. The fraction of sp³-hybridized carbons (Fsp3) is 0. The molecule has 2 aliphatic rings. The third kappa shape index (κ3) is 2.63. The van der Waals surface area contributed by atoms with Crippen molar-refractivity contribution in [1.82, 2.24) is 0 Å². The molecule has 2 N–H and O–H groups in total. The van der Waals surface area contributed by atoms with Crippen molar-refractivity contribution in [3.05, 3.63) is 83.5 Å². The van der Waals surface area contributed by atoms with E-state index in [2.05, 4.69) is 20.6 Å². The molecule has 2 aromatic carbocycles. The van der Waals surface area contributed by atoms with Gasteiger partial charge in [0.15, 0.2) is 0 Å². The monoisotopic (exact) mass is 314 g/mol. The summed E-state index contributed by atoms with van der Waals surface area (Å²) in [4.78, 5) is 21.3. The Bertz CT molecular complexity index is 862. The second-order valence-electron chi connectivity index (χ2n) is 5.40. The minimum absolute atomic E-state index is 0.197. The van der Waals surface area contributed by atoms with Gasteiger partial charge in [-0.3, -0.25) is 14.8 Å². The smallest absolute Gasteiger partial charge is 0.228 e. The van der Waals surface area contributed by atoms with Gasteiger partial charge in [0, 0.05) is 34.9 Å². The van der Waals surface area contributed by atoms with Crippen LogP contribution < -0.4 is 10.6 Å². The number of aliphatic imine (C=N–C) groups is 2. The Labute approximate surface area is 139 Å². The van der Waals surface area contributed by atoms with Crippen molar-refractivity contribution in [2.75, 3.05) is 10.6 Å². The number of carbonyl (C=O) groups excluding carboxylic acids is 1. The number of hydrogen-bond donors (Lipinski definition) is 2. The molecule has 0 amide bonds. The second-order valence-corrected chi connectivity index (χ2v) is 5.40. The number of para-hydroxylation sites is 2. The molecule has 0 aromatic heterocycles. The molecule has 116 valence electrons. The minimum Gasteiger partial charge on any atom is -0.350 e. The van der Waals surface area contributed by atoms with Crippen LogP contribution in [0.3, 0.4) is 0 Å². The summed E-state index contributed by atoms with van der Waals surface area (Å²) >= 11 is 0. The van der Waals surface area contributed by atoms with Crippen LogP contribution in [0.5, 0.6) is 0 Å². The Morgan fingerprint density at radius 3 is 1.67 bits per heavy atom. The lowest BCUT2D eigenvalue weighted by Crippen LogP contribution is -2.18. The van der Waals surface area contributed by atoms with Crippen LogP contribution in [-0.4, -0.2) is 18.2 Å². The summed E-state index contributed by atoms with van der Waals surface area (Å²) in [7, 11) is 0. The largest absolute Gasteiger partial charge is 0.350 e. The zero-order valence-electron chi connectivity index (χ0n) is 12.7. The highest BCUT2D eigenvalue weighted by molar-refractivity contribution is 6.13. The predicted molar refractivity (Wildman–Crippen MR) is 96.5 cm³/mol. The Kier molecular flexibility index (Phi) is 3.51. The topological polar surface area (TPSA) is 65.8 Å². The summed E-state index contributed by atoms with van der Waals surface area (Å²) in [6.45, 7) is 0. The van der Waals surface area contributed by atoms with Crippen LogP contribution >= 0.6 is 0 Å². The molecule has 5 heteroatoms. The van der Waals surface area contributed by atoms with E-state index in [1.54, 1.807) is 12.4 Å². The summed E-state index contributed by atoms with van der Waals surface area (Å²) in [5.41, 5.74) is 4.34. The van der Waals surface area contributed by atoms with Gasteiger partial charge in [0.1, 0.15) is 11.4 Å². The number of nitrogens with zero attached hydrogens (tertiary/aromatic N) is 2. The molecule has 2 heterocycles. The number of anilines is 2. The molecule has 4 rings (SSSR count). The fourth-order valence-electron chi connectivity index (χ4n) is 2.56. The number of nitrogens with one attached hydrogen (secondary N) is 2. The lowest BCUT2D eigenvalue weighted by molar-refractivity contribution is -0.112. The van der Waals surface area contributed by atoms with Gasteiger partial charge in [0.2, 0.25) is 5.78 Å². The highest BCUT2D eigenvalue weighted by Crippen LogP contribution is 2.23. The van der Waals surface area contributed by atoms with E-state index in [9.17, 15) is 4.79 Å². The van der Waals surface area contributed by atoms with Gasteiger partial charge in [-0.25, -0.2) is 0 Å². The third-order valence-corrected chi connectivity index (χ3v) is 3.78. The van der Waals surface area contributed by atoms with Gasteiger partial charge in [0.25, 0.3) is 0 Å². The molecule has 0 aliphatic carbocycles. The number of carbonyl (C=O) groups is 1. The van der Waals surface area contributed by atoms with Gasteiger partial charge in [-0.15, -0.1) is 0 Å². The maximum absolute atomic E-state index is 12.9. The van der Waals surface area contributed by atoms with Gasteiger partial charge < -0.3 is 10.6 Å². The lowest BCUT2D eigenvalue weighted by atomic mass is 10.1. The molecule has 24 heavy (non-hydrogen) atoms. The summed E-state index contributed by atoms with van der Waals surface area (Å²) < 4.78 is 0. The molecule has 2 aliphatic heterocycles. The summed E-state index contributed by atoms with van der Waals surface area (Å²) in [5, 5.41) is 6.31. The van der Waals surface area contributed by atoms with Crippen LogP contribution in [0.15, 0.2) is 82.3 Å². The SMILES string of the molecule is O=C(C1=CN=Cc2ccccc2N1)C1=CN=Cc2ccccc2N1. The van der Waals surface area contributed by atoms with Crippen molar-refractivity contribution >= 4 is 29.6 Å². The van der Waals surface area contributed by atoms with Crippen LogP contribution in [0.4, 0.5) is 11.4 Å². The standard InChI is InChI=1S/C19H14N4O/c24-19(17-11-20-9-13-5-1-3-7-15(13)22-17)18-12-21-10-14-6-2-4-8-16(14)23-18/h1-12,22-23H. The van der Waals surface area contributed by atoms with Crippen molar-refractivity contribution in [1.29, 1.82) is 0 Å². The van der Waals surface area contributed by atoms with E-state index in [0.717, 1.165) is 22.5 Å². The molecule has 0 saturated carbocycles. The number of rotatable bonds is 2. The van der Waals surface area contributed by atoms with Gasteiger partial charge >= 0.3 is 0 Å². The van der Waals surface area contributed by atoms with Crippen molar-refractivity contribution < 1.29 is 4.79 Å². The van der Waals surface area contributed by atoms with Crippen molar-refractivity contribution in [3.63, 3.8) is 0 Å². The number of Topliss-reactive ketones (excluding diaryl/α,β-unsaturated/α-hetero) is 1. The van der Waals surface area contributed by atoms with Crippen LogP contribution in [0.25, 0.3) is 0 Å². The maximum Gasteiger partial charge on any atom is 0.228 e. The van der Waals surface area contributed by atoms with E-state index in [-0.39, 0.29) is 5.78 Å². The molecule has 0 spiro atoms. The first kappa shape index (κ1) is 14.1. The number of fused-ring (bicyclic) bond motifs is 2. The van der Waals surface area contributed by atoms with E-state index in [1.807, 2.05) is 48.5 Å². The van der Waals surface area contributed by atoms with E-state index in [4.69, 9.17) is 0 Å². The Morgan fingerprint density at radius 1 is 0.708 bits per heavy atom. The highest BCUT2D eigenvalue weighted by atomic mass is 16.1. The van der Waals surface area contributed by atoms with E-state index < -0.39 is 0 Å². The van der Waals surface area contributed by atoms with Gasteiger partial charge in [0.05, 0.1) is 12.4 Å². The van der Waals surface area contributed by atoms with Crippen LogP contribution in [0.1, 0.15) is 11.1 Å². The first-order valence-electron chi connectivity index (χ1n) is 7.55. The Morgan fingerprint density at radius 2 is 1.17 bits per heavy atom. The Balaban J connectivity index is 1.63. The number of hydrogen-bond acceptors (Lipinski definition) is 5. The van der Waals surface area contributed by atoms with E-state index in [0.29, 0.717) is 11.4 Å². The maximum atomic E-state index is 12.9. The zero-order valence-corrected chi connectivity index (χ0v) is 12.7. The summed E-state index contributed by atoms with van der Waals surface area (Å²) in [5.74, 6) is -0.197. The van der Waals surface area contributed by atoms with Gasteiger partial charge in [-0.05, 0) is 12.1 Å². The van der Waals surface area contributed by atoms with Crippen molar-refractivity contribution in [3.8, 4) is 0 Å². The quantitative estimate of drug-likeness (QED) is 0.893. The minimum atomic E-state index is -0.197. The molecule has 0 unspecified atom stereocenters. The van der Waals surface area contributed by atoms with E-state index >= 15 is 0 Å². The average molecular weight is 314 g/mol. The third-order valence-electron chi connectivity index (χ3n) is 3.78.